The molecular formula is C16H22N4O. The van der Waals surface area contributed by atoms with E-state index in [0.29, 0.717) is 5.56 Å². The summed E-state index contributed by atoms with van der Waals surface area (Å²) in [6, 6.07) is 7.99. The second-order valence-electron chi connectivity index (χ2n) is 5.13. The summed E-state index contributed by atoms with van der Waals surface area (Å²) < 4.78 is 2.02. The molecule has 5 nitrogen and oxygen atoms in total. The molecule has 1 aromatic heterocycles. The number of hydrogen-bond donors (Lipinski definition) is 2. The van der Waals surface area contributed by atoms with Crippen LogP contribution in [0.2, 0.25) is 0 Å². The van der Waals surface area contributed by atoms with Gasteiger partial charge in [0.25, 0.3) is 5.91 Å². The topological polar surface area (TPSA) is 59.0 Å². The maximum absolute atomic E-state index is 11.5. The number of aromatic nitrogens is 2. The summed E-state index contributed by atoms with van der Waals surface area (Å²) in [5.41, 5.74) is 3.08. The maximum atomic E-state index is 11.5. The first-order valence-corrected chi connectivity index (χ1v) is 7.12. The Morgan fingerprint density at radius 1 is 1.33 bits per heavy atom. The third kappa shape index (κ3) is 3.92. The molecule has 1 aromatic carbocycles. The van der Waals surface area contributed by atoms with Gasteiger partial charge in [0.05, 0.1) is 12.0 Å². The van der Waals surface area contributed by atoms with E-state index in [1.54, 1.807) is 7.05 Å². The maximum Gasteiger partial charge on any atom is 0.251 e. The van der Waals surface area contributed by atoms with Crippen LogP contribution in [0.5, 0.6) is 0 Å². The van der Waals surface area contributed by atoms with Gasteiger partial charge in [-0.05, 0) is 37.6 Å². The highest BCUT2D eigenvalue weighted by Gasteiger charge is 2.08. The van der Waals surface area contributed by atoms with Crippen molar-refractivity contribution in [3.8, 4) is 0 Å². The first kappa shape index (κ1) is 15.3. The Morgan fingerprint density at radius 2 is 2.05 bits per heavy atom. The van der Waals surface area contributed by atoms with Gasteiger partial charge in [0.1, 0.15) is 0 Å². The quantitative estimate of drug-likeness (QED) is 0.849. The average molecular weight is 286 g/mol. The molecule has 1 amide bonds. The lowest BCUT2D eigenvalue weighted by molar-refractivity contribution is 0.0963. The minimum absolute atomic E-state index is 0.0514. The van der Waals surface area contributed by atoms with Gasteiger partial charge in [-0.25, -0.2) is 4.98 Å². The molecule has 0 aliphatic heterocycles. The molecule has 0 bridgehead atoms. The zero-order valence-corrected chi connectivity index (χ0v) is 12.8. The van der Waals surface area contributed by atoms with Gasteiger partial charge in [0, 0.05) is 31.9 Å². The lowest BCUT2D eigenvalue weighted by Gasteiger charge is -2.14. The van der Waals surface area contributed by atoms with Crippen molar-refractivity contribution >= 4 is 5.91 Å². The standard InChI is InChI=1S/C16H22N4O/c1-12(15-10-18-11-20(15)3)19-9-8-13-4-6-14(7-5-13)16(21)17-2/h4-7,10-12,19H,8-9H2,1-3H3,(H,17,21). The van der Waals surface area contributed by atoms with Crippen LogP contribution in [-0.2, 0) is 13.5 Å². The van der Waals surface area contributed by atoms with E-state index in [4.69, 9.17) is 0 Å². The van der Waals surface area contributed by atoms with Crippen molar-refractivity contribution in [1.82, 2.24) is 20.2 Å². The van der Waals surface area contributed by atoms with Crippen LogP contribution in [0.25, 0.3) is 0 Å². The number of imidazole rings is 1. The number of benzene rings is 1. The van der Waals surface area contributed by atoms with E-state index in [2.05, 4.69) is 22.5 Å². The highest BCUT2D eigenvalue weighted by molar-refractivity contribution is 5.93. The third-order valence-electron chi connectivity index (χ3n) is 3.60. The third-order valence-corrected chi connectivity index (χ3v) is 3.60. The molecule has 0 aliphatic rings. The molecular weight excluding hydrogens is 264 g/mol. The number of carbonyl (C=O) groups excluding carboxylic acids is 1. The predicted octanol–water partition coefficient (Wildman–Crippen LogP) is 1.67. The van der Waals surface area contributed by atoms with Crippen LogP contribution in [0.4, 0.5) is 0 Å². The van der Waals surface area contributed by atoms with Crippen LogP contribution in [0.3, 0.4) is 0 Å². The smallest absolute Gasteiger partial charge is 0.251 e. The Balaban J connectivity index is 1.83. The van der Waals surface area contributed by atoms with Crippen molar-refractivity contribution in [2.75, 3.05) is 13.6 Å². The molecule has 0 aliphatic carbocycles. The molecule has 1 unspecified atom stereocenters. The fraction of sp³-hybridized carbons (Fsp3) is 0.375. The Hall–Kier alpha value is -2.14. The fourth-order valence-corrected chi connectivity index (χ4v) is 2.29. The van der Waals surface area contributed by atoms with E-state index in [-0.39, 0.29) is 11.9 Å². The summed E-state index contributed by atoms with van der Waals surface area (Å²) in [6.07, 6.45) is 4.62. The van der Waals surface area contributed by atoms with Gasteiger partial charge in [-0.3, -0.25) is 4.79 Å². The van der Waals surface area contributed by atoms with Crippen molar-refractivity contribution in [2.45, 2.75) is 19.4 Å². The zero-order chi connectivity index (χ0) is 15.2. The van der Waals surface area contributed by atoms with Crippen LogP contribution in [-0.4, -0.2) is 29.1 Å². The zero-order valence-electron chi connectivity index (χ0n) is 12.8. The second kappa shape index (κ2) is 7.04. The first-order valence-electron chi connectivity index (χ1n) is 7.12. The van der Waals surface area contributed by atoms with Gasteiger partial charge >= 0.3 is 0 Å². The van der Waals surface area contributed by atoms with Crippen LogP contribution in [0, 0.1) is 0 Å². The van der Waals surface area contributed by atoms with E-state index >= 15 is 0 Å². The van der Waals surface area contributed by atoms with Crippen molar-refractivity contribution in [3.63, 3.8) is 0 Å². The minimum Gasteiger partial charge on any atom is -0.355 e. The van der Waals surface area contributed by atoms with Crippen molar-refractivity contribution in [2.24, 2.45) is 7.05 Å². The normalized spacial score (nSPS) is 12.1. The van der Waals surface area contributed by atoms with E-state index < -0.39 is 0 Å². The lowest BCUT2D eigenvalue weighted by Crippen LogP contribution is -2.23. The second-order valence-corrected chi connectivity index (χ2v) is 5.13. The number of rotatable bonds is 6. The molecule has 2 aromatic rings. The Morgan fingerprint density at radius 3 is 2.62 bits per heavy atom. The highest BCUT2D eigenvalue weighted by Crippen LogP contribution is 2.10. The van der Waals surface area contributed by atoms with Crippen LogP contribution >= 0.6 is 0 Å². The molecule has 5 heteroatoms. The number of carbonyl (C=O) groups is 1. The predicted molar refractivity (Wildman–Crippen MR) is 83.2 cm³/mol. The van der Waals surface area contributed by atoms with Gasteiger partial charge in [0.2, 0.25) is 0 Å². The number of nitrogens with one attached hydrogen (secondary N) is 2. The summed E-state index contributed by atoms with van der Waals surface area (Å²) in [4.78, 5) is 15.6. The number of amides is 1. The number of hydrogen-bond acceptors (Lipinski definition) is 3. The first-order chi connectivity index (χ1) is 10.1. The van der Waals surface area contributed by atoms with Crippen molar-refractivity contribution in [1.29, 1.82) is 0 Å². The Bertz CT molecular complexity index is 589. The lowest BCUT2D eigenvalue weighted by atomic mass is 10.1. The summed E-state index contributed by atoms with van der Waals surface area (Å²) in [5.74, 6) is -0.0514. The van der Waals surface area contributed by atoms with Crippen molar-refractivity contribution in [3.05, 3.63) is 53.6 Å². The van der Waals surface area contributed by atoms with E-state index in [1.807, 2.05) is 48.4 Å². The van der Waals surface area contributed by atoms with Gasteiger partial charge < -0.3 is 15.2 Å². The van der Waals surface area contributed by atoms with Gasteiger partial charge in [-0.2, -0.15) is 0 Å². The molecule has 21 heavy (non-hydrogen) atoms. The van der Waals surface area contributed by atoms with Crippen LogP contribution in [0.1, 0.15) is 34.6 Å². The molecule has 2 rings (SSSR count). The van der Waals surface area contributed by atoms with E-state index in [0.717, 1.165) is 13.0 Å². The fourth-order valence-electron chi connectivity index (χ4n) is 2.29. The molecule has 2 N–H and O–H groups in total. The van der Waals surface area contributed by atoms with E-state index in [9.17, 15) is 4.79 Å². The Labute approximate surface area is 125 Å². The minimum atomic E-state index is -0.0514. The van der Waals surface area contributed by atoms with Crippen LogP contribution < -0.4 is 10.6 Å². The summed E-state index contributed by atoms with van der Waals surface area (Å²) in [7, 11) is 3.64. The molecule has 0 saturated carbocycles. The molecule has 0 radical (unpaired) electrons. The number of nitrogens with zero attached hydrogens (tertiary/aromatic N) is 2. The van der Waals surface area contributed by atoms with Gasteiger partial charge in [-0.15, -0.1) is 0 Å². The molecule has 0 fully saturated rings. The Kier molecular flexibility index (Phi) is 5.11. The average Bonchev–Trinajstić information content (AvgIpc) is 2.93. The summed E-state index contributed by atoms with van der Waals surface area (Å²) in [6.45, 7) is 3.01. The van der Waals surface area contributed by atoms with E-state index in [1.165, 1.54) is 11.3 Å². The molecule has 112 valence electrons. The monoisotopic (exact) mass is 286 g/mol. The van der Waals surface area contributed by atoms with Crippen LogP contribution in [0.15, 0.2) is 36.8 Å². The largest absolute Gasteiger partial charge is 0.355 e. The van der Waals surface area contributed by atoms with Gasteiger partial charge in [0.15, 0.2) is 0 Å². The molecule has 1 heterocycles. The SMILES string of the molecule is CNC(=O)c1ccc(CCNC(C)c2cncn2C)cc1. The highest BCUT2D eigenvalue weighted by atomic mass is 16.1. The molecule has 0 saturated heterocycles. The summed E-state index contributed by atoms with van der Waals surface area (Å²) >= 11 is 0. The summed E-state index contributed by atoms with van der Waals surface area (Å²) in [5, 5.41) is 6.10. The molecule has 0 spiro atoms. The molecule has 1 atom stereocenters. The van der Waals surface area contributed by atoms with Crippen molar-refractivity contribution < 1.29 is 4.79 Å². The van der Waals surface area contributed by atoms with Gasteiger partial charge in [-0.1, -0.05) is 12.1 Å². The number of aryl methyl sites for hydroxylation is 1.